The van der Waals surface area contributed by atoms with Crippen molar-refractivity contribution in [1.29, 1.82) is 0 Å². The van der Waals surface area contributed by atoms with Crippen molar-refractivity contribution >= 4 is 6.20 Å². The number of rotatable bonds is 1. The molecular formula is C5H4N2W. The smallest absolute Gasteiger partial charge is 0.566 e. The molecule has 0 N–H and O–H groups in total. The van der Waals surface area contributed by atoms with Gasteiger partial charge in [-0.2, -0.15) is 0 Å². The van der Waals surface area contributed by atoms with Crippen LogP contribution in [0.5, 0.6) is 0 Å². The maximum atomic E-state index is 5.04. The second kappa shape index (κ2) is 3.62. The van der Waals surface area contributed by atoms with Crippen molar-refractivity contribution in [3.63, 3.8) is 0 Å². The molecule has 8 heavy (non-hydrogen) atoms. The van der Waals surface area contributed by atoms with Gasteiger partial charge >= 0.3 is 21.1 Å². The monoisotopic (exact) mass is 276 g/mol. The van der Waals surface area contributed by atoms with Crippen molar-refractivity contribution in [2.45, 2.75) is 0 Å². The van der Waals surface area contributed by atoms with Crippen LogP contribution in [0, 0.1) is 12.8 Å². The maximum absolute atomic E-state index is 5.04. The maximum Gasteiger partial charge on any atom is 2.00 e. The van der Waals surface area contributed by atoms with Crippen molar-refractivity contribution in [1.82, 2.24) is 9.78 Å². The largest absolute Gasteiger partial charge is 2.00 e. The van der Waals surface area contributed by atoms with E-state index in [2.05, 4.69) is 11.3 Å². The molecule has 0 aliphatic heterocycles. The molecule has 0 fully saturated rings. The molecule has 1 heterocycles. The predicted octanol–water partition coefficient (Wildman–Crippen LogP) is 0.584. The number of hydrogen-bond donors (Lipinski definition) is 0. The van der Waals surface area contributed by atoms with Gasteiger partial charge in [-0.05, 0) is 0 Å². The predicted molar refractivity (Wildman–Crippen MR) is 26.1 cm³/mol. The van der Waals surface area contributed by atoms with Gasteiger partial charge in [-0.25, -0.2) is 0 Å². The summed E-state index contributed by atoms with van der Waals surface area (Å²) >= 11 is 0. The summed E-state index contributed by atoms with van der Waals surface area (Å²) in [5.74, 6) is 0. The first-order valence-electron chi connectivity index (χ1n) is 1.90. The molecule has 0 atom stereocenters. The first-order chi connectivity index (χ1) is 3.43. The fourth-order valence-electron chi connectivity index (χ4n) is 0.330. The van der Waals surface area contributed by atoms with E-state index in [-0.39, 0.29) is 21.1 Å². The average molecular weight is 276 g/mol. The van der Waals surface area contributed by atoms with Gasteiger partial charge in [0.15, 0.2) is 0 Å². The van der Waals surface area contributed by atoms with E-state index < -0.39 is 0 Å². The van der Waals surface area contributed by atoms with Crippen molar-refractivity contribution in [2.24, 2.45) is 0 Å². The van der Waals surface area contributed by atoms with Crippen LogP contribution in [-0.2, 0) is 21.1 Å². The zero-order chi connectivity index (χ0) is 5.11. The van der Waals surface area contributed by atoms with Gasteiger partial charge in [-0.3, -0.25) is 11.3 Å². The Morgan fingerprint density at radius 3 is 2.75 bits per heavy atom. The molecule has 0 amide bonds. The molecule has 1 aromatic heterocycles. The molecule has 3 heteroatoms. The average Bonchev–Trinajstić information content (AvgIpc) is 2.14. The van der Waals surface area contributed by atoms with Gasteiger partial charge in [0.1, 0.15) is 0 Å². The molecule has 1 aromatic rings. The Bertz CT molecular complexity index is 145. The van der Waals surface area contributed by atoms with Gasteiger partial charge in [0.2, 0.25) is 0 Å². The van der Waals surface area contributed by atoms with E-state index in [1.54, 1.807) is 12.3 Å². The summed E-state index contributed by atoms with van der Waals surface area (Å²) in [6.07, 6.45) is 5.66. The minimum Gasteiger partial charge on any atom is -0.566 e. The first-order valence-corrected chi connectivity index (χ1v) is 1.90. The van der Waals surface area contributed by atoms with Gasteiger partial charge in [0.05, 0.1) is 0 Å². The van der Waals surface area contributed by atoms with E-state index in [1.165, 1.54) is 10.9 Å². The molecule has 2 nitrogen and oxygen atoms in total. The van der Waals surface area contributed by atoms with Gasteiger partial charge in [-0.15, -0.1) is 6.07 Å². The van der Waals surface area contributed by atoms with E-state index in [9.17, 15) is 0 Å². The minimum atomic E-state index is 0. The van der Waals surface area contributed by atoms with Crippen LogP contribution in [0.25, 0.3) is 6.20 Å². The van der Waals surface area contributed by atoms with Gasteiger partial charge in [0, 0.05) is 0 Å². The number of aromatic nitrogens is 2. The van der Waals surface area contributed by atoms with Crippen LogP contribution in [-0.4, -0.2) is 9.78 Å². The van der Waals surface area contributed by atoms with E-state index in [0.29, 0.717) is 0 Å². The summed E-state index contributed by atoms with van der Waals surface area (Å²) in [5.41, 5.74) is 0. The van der Waals surface area contributed by atoms with Gasteiger partial charge in [-0.1, -0.05) is 12.4 Å². The van der Waals surface area contributed by atoms with E-state index >= 15 is 0 Å². The summed E-state index contributed by atoms with van der Waals surface area (Å²) in [7, 11) is 0. The molecule has 0 unspecified atom stereocenters. The zero-order valence-corrected chi connectivity index (χ0v) is 7.05. The normalized spacial score (nSPS) is 7.50. The quantitative estimate of drug-likeness (QED) is 0.686. The van der Waals surface area contributed by atoms with Crippen LogP contribution in [0.3, 0.4) is 0 Å². The number of hydrogen-bond acceptors (Lipinski definition) is 1. The van der Waals surface area contributed by atoms with Crippen molar-refractivity contribution in [2.75, 3.05) is 0 Å². The van der Waals surface area contributed by atoms with Crippen LogP contribution in [0.2, 0.25) is 0 Å². The molecule has 1 rings (SSSR count). The topological polar surface area (TPSA) is 17.8 Å². The summed E-state index contributed by atoms with van der Waals surface area (Å²) in [4.78, 5) is 0. The van der Waals surface area contributed by atoms with Crippen LogP contribution in [0.15, 0.2) is 12.3 Å². The van der Waals surface area contributed by atoms with E-state index in [1.807, 2.05) is 0 Å². The third-order valence-electron chi connectivity index (χ3n) is 0.614. The van der Waals surface area contributed by atoms with Gasteiger partial charge in [0.25, 0.3) is 0 Å². The molecule has 0 saturated carbocycles. The Morgan fingerprint density at radius 2 is 2.50 bits per heavy atom. The Kier molecular flexibility index (Phi) is 3.45. The Labute approximate surface area is 62.5 Å². The SMILES string of the molecule is [CH-]=Cn1[c-]ccn1.[W+2]. The third kappa shape index (κ3) is 1.63. The summed E-state index contributed by atoms with van der Waals surface area (Å²) in [6.45, 7) is 5.04. The molecule has 40 valence electrons. The van der Waals surface area contributed by atoms with Crippen molar-refractivity contribution in [3.8, 4) is 0 Å². The van der Waals surface area contributed by atoms with Crippen LogP contribution < -0.4 is 0 Å². The zero-order valence-electron chi connectivity index (χ0n) is 4.11. The second-order valence-corrected chi connectivity index (χ2v) is 1.05. The number of nitrogens with zero attached hydrogens (tertiary/aromatic N) is 2. The third-order valence-corrected chi connectivity index (χ3v) is 0.614. The van der Waals surface area contributed by atoms with Crippen LogP contribution in [0.1, 0.15) is 0 Å². The molecule has 0 aliphatic carbocycles. The summed E-state index contributed by atoms with van der Waals surface area (Å²) in [5, 5.41) is 3.72. The standard InChI is InChI=1S/C5H4N2.W/c1-2-7-5-3-4-6-7;/h1-4H;/q-2;+2. The molecular weight excluding hydrogens is 272 g/mol. The Morgan fingerprint density at radius 1 is 1.75 bits per heavy atom. The molecule has 0 spiro atoms. The van der Waals surface area contributed by atoms with Crippen LogP contribution >= 0.6 is 0 Å². The molecule has 0 aromatic carbocycles. The fraction of sp³-hybridized carbons (Fsp3) is 0. The molecule has 0 bridgehead atoms. The molecule has 0 saturated heterocycles. The first kappa shape index (κ1) is 7.64. The Hall–Kier alpha value is -0.362. The molecule has 0 radical (unpaired) electrons. The van der Waals surface area contributed by atoms with E-state index in [0.717, 1.165) is 0 Å². The molecule has 0 aliphatic rings. The second-order valence-electron chi connectivity index (χ2n) is 1.05. The Balaban J connectivity index is 0.000000490. The van der Waals surface area contributed by atoms with Gasteiger partial charge < -0.3 is 11.3 Å². The van der Waals surface area contributed by atoms with Crippen molar-refractivity contribution < 1.29 is 21.1 Å². The van der Waals surface area contributed by atoms with Crippen molar-refractivity contribution in [3.05, 3.63) is 25.0 Å². The fourth-order valence-corrected chi connectivity index (χ4v) is 0.330. The summed E-state index contributed by atoms with van der Waals surface area (Å²) in [6, 6.07) is 1.68. The van der Waals surface area contributed by atoms with Crippen LogP contribution in [0.4, 0.5) is 0 Å². The minimum absolute atomic E-state index is 0. The summed E-state index contributed by atoms with van der Waals surface area (Å²) < 4.78 is 1.40. The van der Waals surface area contributed by atoms with E-state index in [4.69, 9.17) is 6.58 Å².